The van der Waals surface area contributed by atoms with Gasteiger partial charge in [-0.05, 0) is 35.6 Å². The van der Waals surface area contributed by atoms with Crippen molar-refractivity contribution < 1.29 is 29.0 Å². The van der Waals surface area contributed by atoms with Crippen molar-refractivity contribution in [3.63, 3.8) is 0 Å². The largest absolute Gasteiger partial charge is 0.481 e. The van der Waals surface area contributed by atoms with Gasteiger partial charge in [-0.1, -0.05) is 55.5 Å². The van der Waals surface area contributed by atoms with E-state index in [4.69, 9.17) is 9.47 Å². The predicted molar refractivity (Wildman–Crippen MR) is 130 cm³/mol. The minimum absolute atomic E-state index is 0.00992. The number of hydrogen-bond donors (Lipinski definition) is 2. The minimum Gasteiger partial charge on any atom is -0.481 e. The van der Waals surface area contributed by atoms with E-state index in [1.165, 1.54) is 11.1 Å². The summed E-state index contributed by atoms with van der Waals surface area (Å²) in [5, 5.41) is 12.1. The molecule has 1 aliphatic carbocycles. The standard InChI is InChI=1S/C27H32N2O6/c1-3-34-24-15-29(14-22(24)26(31)32)25(30)17(2)12-13-28-27(33)35-16-23-20-10-6-4-8-18(20)19-9-5-7-11-21(19)23/h4-11,17,22-24H,3,12-16H2,1-2H3,(H,28,33)(H,31,32). The van der Waals surface area contributed by atoms with Gasteiger partial charge in [-0.3, -0.25) is 9.59 Å². The van der Waals surface area contributed by atoms with Crippen LogP contribution in [0.1, 0.15) is 37.3 Å². The number of aliphatic carboxylic acids is 1. The topological polar surface area (TPSA) is 105 Å². The van der Waals surface area contributed by atoms with Crippen LogP contribution in [0.3, 0.4) is 0 Å². The molecule has 0 aromatic heterocycles. The summed E-state index contributed by atoms with van der Waals surface area (Å²) in [5.74, 6) is -2.18. The van der Waals surface area contributed by atoms with E-state index in [1.54, 1.807) is 18.7 Å². The van der Waals surface area contributed by atoms with Crippen LogP contribution in [-0.2, 0) is 19.1 Å². The summed E-state index contributed by atoms with van der Waals surface area (Å²) in [7, 11) is 0. The van der Waals surface area contributed by atoms with E-state index in [0.717, 1.165) is 11.1 Å². The molecule has 8 heteroatoms. The molecule has 3 unspecified atom stereocenters. The predicted octanol–water partition coefficient (Wildman–Crippen LogP) is 3.50. The zero-order valence-corrected chi connectivity index (χ0v) is 20.1. The first-order valence-electron chi connectivity index (χ1n) is 12.1. The van der Waals surface area contributed by atoms with Crippen molar-refractivity contribution in [1.82, 2.24) is 10.2 Å². The zero-order chi connectivity index (χ0) is 24.9. The Balaban J connectivity index is 1.24. The Kier molecular flexibility index (Phi) is 7.70. The molecule has 2 aromatic carbocycles. The van der Waals surface area contributed by atoms with E-state index in [1.807, 2.05) is 24.3 Å². The molecule has 0 spiro atoms. The minimum atomic E-state index is -0.955. The quantitative estimate of drug-likeness (QED) is 0.569. The number of hydrogen-bond acceptors (Lipinski definition) is 5. The molecular weight excluding hydrogens is 448 g/mol. The smallest absolute Gasteiger partial charge is 0.407 e. The third-order valence-electron chi connectivity index (χ3n) is 6.89. The van der Waals surface area contributed by atoms with Gasteiger partial charge >= 0.3 is 12.1 Å². The van der Waals surface area contributed by atoms with Crippen molar-refractivity contribution in [2.75, 3.05) is 32.8 Å². The van der Waals surface area contributed by atoms with Gasteiger partial charge in [-0.25, -0.2) is 4.79 Å². The molecule has 186 valence electrons. The molecule has 2 N–H and O–H groups in total. The van der Waals surface area contributed by atoms with Crippen molar-refractivity contribution in [2.24, 2.45) is 11.8 Å². The van der Waals surface area contributed by atoms with Gasteiger partial charge < -0.3 is 24.8 Å². The summed E-state index contributed by atoms with van der Waals surface area (Å²) in [4.78, 5) is 38.2. The number of likely N-dealkylation sites (tertiary alicyclic amines) is 1. The van der Waals surface area contributed by atoms with E-state index < -0.39 is 24.1 Å². The number of benzene rings is 2. The third-order valence-corrected chi connectivity index (χ3v) is 6.89. The summed E-state index contributed by atoms with van der Waals surface area (Å²) in [6.07, 6.45) is -0.584. The van der Waals surface area contributed by atoms with Crippen LogP contribution in [-0.4, -0.2) is 66.9 Å². The zero-order valence-electron chi connectivity index (χ0n) is 20.1. The molecule has 1 aliphatic heterocycles. The maximum Gasteiger partial charge on any atom is 0.407 e. The average molecular weight is 481 g/mol. The van der Waals surface area contributed by atoms with E-state index in [-0.39, 0.29) is 44.0 Å². The molecule has 3 atom stereocenters. The van der Waals surface area contributed by atoms with Gasteiger partial charge in [0.1, 0.15) is 12.5 Å². The molecule has 0 bridgehead atoms. The lowest BCUT2D eigenvalue weighted by atomic mass is 9.98. The monoisotopic (exact) mass is 480 g/mol. The molecule has 35 heavy (non-hydrogen) atoms. The SMILES string of the molecule is CCOC1CN(C(=O)C(C)CCNC(=O)OCC2c3ccccc3-c3ccccc32)CC1C(=O)O. The van der Waals surface area contributed by atoms with E-state index in [2.05, 4.69) is 29.6 Å². The molecule has 2 amide bonds. The van der Waals surface area contributed by atoms with Crippen LogP contribution in [0.15, 0.2) is 48.5 Å². The van der Waals surface area contributed by atoms with Crippen molar-refractivity contribution in [3.8, 4) is 11.1 Å². The molecule has 1 saturated heterocycles. The van der Waals surface area contributed by atoms with Crippen LogP contribution in [0.25, 0.3) is 11.1 Å². The second-order valence-corrected chi connectivity index (χ2v) is 9.12. The number of amides is 2. The van der Waals surface area contributed by atoms with E-state index in [0.29, 0.717) is 13.0 Å². The molecular formula is C27H32N2O6. The van der Waals surface area contributed by atoms with Gasteiger partial charge in [-0.2, -0.15) is 0 Å². The van der Waals surface area contributed by atoms with Crippen molar-refractivity contribution >= 4 is 18.0 Å². The first-order valence-corrected chi connectivity index (χ1v) is 12.1. The Morgan fingerprint density at radius 1 is 1.06 bits per heavy atom. The molecule has 2 aliphatic rings. The summed E-state index contributed by atoms with van der Waals surface area (Å²) in [5.41, 5.74) is 4.64. The lowest BCUT2D eigenvalue weighted by molar-refractivity contribution is -0.145. The molecule has 0 radical (unpaired) electrons. The number of nitrogens with zero attached hydrogens (tertiary/aromatic N) is 1. The second-order valence-electron chi connectivity index (χ2n) is 9.12. The number of carboxylic acids is 1. The number of ether oxygens (including phenoxy) is 2. The number of carbonyl (C=O) groups is 3. The maximum atomic E-state index is 12.8. The Morgan fingerprint density at radius 3 is 2.29 bits per heavy atom. The highest BCUT2D eigenvalue weighted by molar-refractivity contribution is 5.81. The van der Waals surface area contributed by atoms with Crippen LogP contribution in [0.4, 0.5) is 4.79 Å². The number of rotatable bonds is 9. The number of fused-ring (bicyclic) bond motifs is 3. The van der Waals surface area contributed by atoms with Crippen molar-refractivity contribution in [2.45, 2.75) is 32.3 Å². The maximum absolute atomic E-state index is 12.8. The van der Waals surface area contributed by atoms with Gasteiger partial charge in [0.15, 0.2) is 0 Å². The highest BCUT2D eigenvalue weighted by atomic mass is 16.5. The fraction of sp³-hybridized carbons (Fsp3) is 0.444. The molecule has 8 nitrogen and oxygen atoms in total. The summed E-state index contributed by atoms with van der Waals surface area (Å²) < 4.78 is 11.1. The highest BCUT2D eigenvalue weighted by Gasteiger charge is 2.41. The van der Waals surface area contributed by atoms with Crippen LogP contribution < -0.4 is 5.32 Å². The fourth-order valence-corrected chi connectivity index (χ4v) is 5.05. The van der Waals surface area contributed by atoms with Crippen LogP contribution in [0.5, 0.6) is 0 Å². The number of alkyl carbamates (subject to hydrolysis) is 1. The molecule has 2 aromatic rings. The van der Waals surface area contributed by atoms with Gasteiger partial charge in [-0.15, -0.1) is 0 Å². The first kappa shape index (κ1) is 24.7. The van der Waals surface area contributed by atoms with Crippen LogP contribution in [0.2, 0.25) is 0 Å². The fourth-order valence-electron chi connectivity index (χ4n) is 5.05. The summed E-state index contributed by atoms with van der Waals surface area (Å²) >= 11 is 0. The van der Waals surface area contributed by atoms with E-state index >= 15 is 0 Å². The van der Waals surface area contributed by atoms with Crippen LogP contribution >= 0.6 is 0 Å². The number of carbonyl (C=O) groups excluding carboxylic acids is 2. The van der Waals surface area contributed by atoms with Gasteiger partial charge in [0.25, 0.3) is 0 Å². The Hall–Kier alpha value is -3.39. The number of nitrogens with one attached hydrogen (secondary N) is 1. The highest BCUT2D eigenvalue weighted by Crippen LogP contribution is 2.44. The second kappa shape index (κ2) is 10.9. The molecule has 0 saturated carbocycles. The van der Waals surface area contributed by atoms with Gasteiger partial charge in [0, 0.05) is 38.1 Å². The first-order chi connectivity index (χ1) is 16.9. The van der Waals surface area contributed by atoms with Gasteiger partial charge in [0.05, 0.1) is 6.10 Å². The summed E-state index contributed by atoms with van der Waals surface area (Å²) in [6, 6.07) is 16.3. The third kappa shape index (κ3) is 5.32. The normalized spacial score (nSPS) is 19.7. The Bertz CT molecular complexity index is 1040. The van der Waals surface area contributed by atoms with E-state index in [9.17, 15) is 19.5 Å². The van der Waals surface area contributed by atoms with Crippen molar-refractivity contribution in [3.05, 3.63) is 59.7 Å². The van der Waals surface area contributed by atoms with Gasteiger partial charge in [0.2, 0.25) is 5.91 Å². The summed E-state index contributed by atoms with van der Waals surface area (Å²) in [6.45, 7) is 4.92. The molecule has 1 heterocycles. The Morgan fingerprint density at radius 2 is 1.69 bits per heavy atom. The average Bonchev–Trinajstić information content (AvgIpc) is 3.42. The molecule has 1 fully saturated rings. The van der Waals surface area contributed by atoms with Crippen molar-refractivity contribution in [1.29, 1.82) is 0 Å². The lowest BCUT2D eigenvalue weighted by Crippen LogP contribution is -2.36. The van der Waals surface area contributed by atoms with Crippen LogP contribution in [0, 0.1) is 11.8 Å². The number of carboxylic acid groups (broad SMARTS) is 1. The molecule has 4 rings (SSSR count). The lowest BCUT2D eigenvalue weighted by Gasteiger charge is -2.21. The Labute approximate surface area is 205 Å².